The summed E-state index contributed by atoms with van der Waals surface area (Å²) >= 11 is 0. The fourth-order valence-electron chi connectivity index (χ4n) is 11.3. The number of carbonyl (C=O) groups is 2. The van der Waals surface area contributed by atoms with Crippen LogP contribution in [0.2, 0.25) is 0 Å². The lowest BCUT2D eigenvalue weighted by atomic mass is 10.0. The van der Waals surface area contributed by atoms with Gasteiger partial charge in [0.1, 0.15) is 0 Å². The van der Waals surface area contributed by atoms with Crippen molar-refractivity contribution in [2.75, 3.05) is 13.2 Å². The predicted octanol–water partition coefficient (Wildman–Crippen LogP) is 23.6. The van der Waals surface area contributed by atoms with Crippen LogP contribution in [-0.4, -0.2) is 47.4 Å². The summed E-state index contributed by atoms with van der Waals surface area (Å²) in [5, 5.41) is 23.0. The van der Waals surface area contributed by atoms with Gasteiger partial charge in [-0.2, -0.15) is 0 Å². The molecule has 0 aromatic carbocycles. The minimum atomic E-state index is -0.841. The second-order valence-corrected chi connectivity index (χ2v) is 24.9. The van der Waals surface area contributed by atoms with Gasteiger partial charge in [-0.3, -0.25) is 9.59 Å². The first kappa shape index (κ1) is 78.8. The molecule has 6 heteroatoms. The van der Waals surface area contributed by atoms with E-state index in [0.29, 0.717) is 19.4 Å². The molecule has 2 unspecified atom stereocenters. The zero-order chi connectivity index (χ0) is 58.5. The maximum atomic E-state index is 12.4. The van der Waals surface area contributed by atoms with E-state index < -0.39 is 12.1 Å². The highest BCUT2D eigenvalue weighted by Gasteiger charge is 2.18. The van der Waals surface area contributed by atoms with Crippen molar-refractivity contribution < 1.29 is 24.5 Å². The van der Waals surface area contributed by atoms with Crippen LogP contribution in [0, 0.1) is 0 Å². The van der Waals surface area contributed by atoms with Gasteiger partial charge in [0.15, 0.2) is 0 Å². The molecule has 0 heterocycles. The molecule has 0 saturated carbocycles. The van der Waals surface area contributed by atoms with E-state index in [9.17, 15) is 19.8 Å². The second-order valence-electron chi connectivity index (χ2n) is 24.9. The number of amides is 1. The first-order chi connectivity index (χ1) is 40.0. The molecule has 0 spiro atoms. The van der Waals surface area contributed by atoms with Crippen molar-refractivity contribution in [3.05, 3.63) is 48.6 Å². The van der Waals surface area contributed by atoms with E-state index in [1.54, 1.807) is 6.08 Å². The van der Waals surface area contributed by atoms with Crippen molar-refractivity contribution in [2.24, 2.45) is 0 Å². The molecule has 1 amide bonds. The smallest absolute Gasteiger partial charge is 0.305 e. The lowest BCUT2D eigenvalue weighted by molar-refractivity contribution is -0.143. The summed E-state index contributed by atoms with van der Waals surface area (Å²) in [5.41, 5.74) is 0. The predicted molar refractivity (Wildman–Crippen MR) is 356 cm³/mol. The molecule has 0 rings (SSSR count). The summed E-state index contributed by atoms with van der Waals surface area (Å²) in [5.74, 6) is -0.0508. The van der Waals surface area contributed by atoms with Gasteiger partial charge in [0, 0.05) is 12.8 Å². The zero-order valence-electron chi connectivity index (χ0n) is 54.5. The van der Waals surface area contributed by atoms with Crippen molar-refractivity contribution in [1.29, 1.82) is 0 Å². The van der Waals surface area contributed by atoms with Crippen LogP contribution in [0.3, 0.4) is 0 Å². The average molecular weight is 1140 g/mol. The van der Waals surface area contributed by atoms with Crippen molar-refractivity contribution in [1.82, 2.24) is 5.32 Å². The van der Waals surface area contributed by atoms with E-state index in [1.807, 2.05) is 6.08 Å². The van der Waals surface area contributed by atoms with Crippen LogP contribution in [0.1, 0.15) is 393 Å². The third-order valence-electron chi connectivity index (χ3n) is 16.8. The number of allylic oxidation sites excluding steroid dienone is 7. The van der Waals surface area contributed by atoms with E-state index in [4.69, 9.17) is 4.74 Å². The molecule has 6 nitrogen and oxygen atoms in total. The lowest BCUT2D eigenvalue weighted by Gasteiger charge is -2.20. The molecule has 0 aromatic heterocycles. The Morgan fingerprint density at radius 1 is 0.346 bits per heavy atom. The number of rotatable bonds is 68. The van der Waals surface area contributed by atoms with Crippen LogP contribution >= 0.6 is 0 Å². The molecule has 0 saturated heterocycles. The second kappa shape index (κ2) is 70.3. The molecule has 81 heavy (non-hydrogen) atoms. The molecule has 0 aliphatic heterocycles. The molecule has 0 fully saturated rings. The topological polar surface area (TPSA) is 95.9 Å². The Labute approximate surface area is 506 Å². The summed E-state index contributed by atoms with van der Waals surface area (Å²) < 4.78 is 5.50. The maximum Gasteiger partial charge on any atom is 0.305 e. The number of aliphatic hydroxyl groups is 2. The minimum absolute atomic E-state index is 0.0154. The highest BCUT2D eigenvalue weighted by atomic mass is 16.5. The monoisotopic (exact) mass is 1140 g/mol. The SMILES string of the molecule is CCCCCCCC/C=C\CCCCCCCCCC(=O)OCCCCCCCCCCCCCCC/C=C\C/C=C\CCCCCCCCCCCCCCCCCCCC(=O)NC(CO)C(O)/C=C/CCCCCCCCCC. The Morgan fingerprint density at radius 3 is 0.951 bits per heavy atom. The van der Waals surface area contributed by atoms with Gasteiger partial charge in [-0.25, -0.2) is 0 Å². The standard InChI is InChI=1S/C75H141NO5/c1-3-5-7-9-11-13-15-16-17-39-43-46-49-53-57-61-65-69-75(80)81-70-66-62-58-54-50-47-44-41-38-36-34-32-30-28-26-24-22-20-18-19-21-23-25-27-29-31-33-35-37-40-42-45-48-52-56-60-64-68-74(79)76-72(71-77)73(78)67-63-59-55-51-14-12-10-8-6-4-2/h16-18,20,24,26,63,67,72-73,77-78H,3-15,19,21-23,25,27-62,64-66,68-71H2,1-2H3,(H,76,79)/b17-16-,20-18-,26-24-,67-63+. The summed E-state index contributed by atoms with van der Waals surface area (Å²) in [6.07, 6.45) is 92.2. The van der Waals surface area contributed by atoms with Crippen LogP contribution in [0.4, 0.5) is 0 Å². The molecule has 3 N–H and O–H groups in total. The van der Waals surface area contributed by atoms with E-state index in [0.717, 1.165) is 51.4 Å². The van der Waals surface area contributed by atoms with Crippen molar-refractivity contribution >= 4 is 11.9 Å². The molecule has 0 bridgehead atoms. The molecular weight excluding hydrogens is 995 g/mol. The van der Waals surface area contributed by atoms with E-state index in [2.05, 4.69) is 55.6 Å². The van der Waals surface area contributed by atoms with Crippen molar-refractivity contribution in [3.8, 4) is 0 Å². The van der Waals surface area contributed by atoms with Gasteiger partial charge >= 0.3 is 5.97 Å². The Bertz CT molecular complexity index is 1360. The summed E-state index contributed by atoms with van der Waals surface area (Å²) in [6.45, 7) is 4.90. The third kappa shape index (κ3) is 66.8. The average Bonchev–Trinajstić information content (AvgIpc) is 3.47. The maximum absolute atomic E-state index is 12.4. The number of aliphatic hydroxyl groups excluding tert-OH is 2. The van der Waals surface area contributed by atoms with Gasteiger partial charge in [0.2, 0.25) is 5.91 Å². The van der Waals surface area contributed by atoms with Gasteiger partial charge in [0.05, 0.1) is 25.4 Å². The minimum Gasteiger partial charge on any atom is -0.466 e. The summed E-state index contributed by atoms with van der Waals surface area (Å²) in [6, 6.07) is -0.624. The fraction of sp³-hybridized carbons (Fsp3) is 0.867. The fourth-order valence-corrected chi connectivity index (χ4v) is 11.3. The van der Waals surface area contributed by atoms with Crippen LogP contribution in [0.15, 0.2) is 48.6 Å². The first-order valence-corrected chi connectivity index (χ1v) is 36.4. The Morgan fingerprint density at radius 2 is 0.617 bits per heavy atom. The van der Waals surface area contributed by atoms with Crippen molar-refractivity contribution in [2.45, 2.75) is 405 Å². The van der Waals surface area contributed by atoms with E-state index in [1.165, 1.54) is 315 Å². The van der Waals surface area contributed by atoms with Crippen LogP contribution in [-0.2, 0) is 14.3 Å². The zero-order valence-corrected chi connectivity index (χ0v) is 54.5. The number of unbranched alkanes of at least 4 members (excludes halogenated alkanes) is 51. The van der Waals surface area contributed by atoms with E-state index in [-0.39, 0.29) is 18.5 Å². The molecular formula is C75H141NO5. The Kier molecular flexibility index (Phi) is 68.4. The number of ether oxygens (including phenoxy) is 1. The Balaban J connectivity index is 3.34. The number of carbonyl (C=O) groups excluding carboxylic acids is 2. The molecule has 0 aromatic rings. The van der Waals surface area contributed by atoms with E-state index >= 15 is 0 Å². The van der Waals surface area contributed by atoms with Gasteiger partial charge in [-0.15, -0.1) is 0 Å². The quantitative estimate of drug-likeness (QED) is 0.0320. The van der Waals surface area contributed by atoms with Gasteiger partial charge in [-0.1, -0.05) is 339 Å². The number of nitrogens with one attached hydrogen (secondary N) is 1. The molecule has 0 radical (unpaired) electrons. The van der Waals surface area contributed by atoms with Crippen LogP contribution in [0.25, 0.3) is 0 Å². The largest absolute Gasteiger partial charge is 0.466 e. The van der Waals surface area contributed by atoms with Crippen LogP contribution < -0.4 is 5.32 Å². The first-order valence-electron chi connectivity index (χ1n) is 36.4. The molecule has 2 atom stereocenters. The van der Waals surface area contributed by atoms with Gasteiger partial charge in [0.25, 0.3) is 0 Å². The Hall–Kier alpha value is -2.18. The van der Waals surface area contributed by atoms with Crippen molar-refractivity contribution in [3.63, 3.8) is 0 Å². The van der Waals surface area contributed by atoms with Crippen LogP contribution in [0.5, 0.6) is 0 Å². The molecule has 0 aliphatic rings. The highest BCUT2D eigenvalue weighted by Crippen LogP contribution is 2.18. The summed E-state index contributed by atoms with van der Waals surface area (Å²) in [4.78, 5) is 24.5. The molecule has 476 valence electrons. The normalized spacial score (nSPS) is 12.8. The summed E-state index contributed by atoms with van der Waals surface area (Å²) in [7, 11) is 0. The highest BCUT2D eigenvalue weighted by molar-refractivity contribution is 5.76. The number of hydrogen-bond acceptors (Lipinski definition) is 5. The molecule has 0 aliphatic carbocycles. The third-order valence-corrected chi connectivity index (χ3v) is 16.8. The van der Waals surface area contributed by atoms with Gasteiger partial charge < -0.3 is 20.3 Å². The van der Waals surface area contributed by atoms with Gasteiger partial charge in [-0.05, 0) is 89.9 Å². The number of esters is 1. The lowest BCUT2D eigenvalue weighted by Crippen LogP contribution is -2.45. The number of hydrogen-bond donors (Lipinski definition) is 3.